The molecule has 0 bridgehead atoms. The van der Waals surface area contributed by atoms with Gasteiger partial charge in [-0.3, -0.25) is 9.40 Å². The number of hydrogen-bond donors (Lipinski definition) is 1. The van der Waals surface area contributed by atoms with Crippen molar-refractivity contribution in [3.05, 3.63) is 11.8 Å². The molecular formula is C8H12N4O2S. The molecule has 0 aliphatic carbocycles. The number of anilines is 1. The van der Waals surface area contributed by atoms with Crippen molar-refractivity contribution in [1.29, 1.82) is 5.26 Å². The molecule has 1 heterocycles. The van der Waals surface area contributed by atoms with Crippen LogP contribution in [-0.4, -0.2) is 23.4 Å². The SMILES string of the molecule is CC(C)S(=O)(=O)Nc1nn(C)cc1C#N. The third-order valence-corrected chi connectivity index (χ3v) is 3.53. The molecule has 6 nitrogen and oxygen atoms in total. The molecular weight excluding hydrogens is 216 g/mol. The molecule has 0 fully saturated rings. The van der Waals surface area contributed by atoms with E-state index in [-0.39, 0.29) is 11.4 Å². The Morgan fingerprint density at radius 2 is 2.20 bits per heavy atom. The van der Waals surface area contributed by atoms with Crippen LogP contribution < -0.4 is 4.72 Å². The highest BCUT2D eigenvalue weighted by Crippen LogP contribution is 2.14. The lowest BCUT2D eigenvalue weighted by atomic mass is 10.4. The molecule has 0 unspecified atom stereocenters. The lowest BCUT2D eigenvalue weighted by Crippen LogP contribution is -2.23. The summed E-state index contributed by atoms with van der Waals surface area (Å²) in [4.78, 5) is 0. The van der Waals surface area contributed by atoms with Crippen molar-refractivity contribution in [3.63, 3.8) is 0 Å². The van der Waals surface area contributed by atoms with Crippen LogP contribution in [0.5, 0.6) is 0 Å². The zero-order chi connectivity index (χ0) is 11.6. The number of hydrogen-bond acceptors (Lipinski definition) is 4. The van der Waals surface area contributed by atoms with Gasteiger partial charge in [0.15, 0.2) is 5.82 Å². The van der Waals surface area contributed by atoms with Gasteiger partial charge in [0.05, 0.1) is 5.25 Å². The predicted octanol–water partition coefficient (Wildman–Crippen LogP) is 0.442. The van der Waals surface area contributed by atoms with Gasteiger partial charge in [-0.25, -0.2) is 8.42 Å². The first-order valence-electron chi connectivity index (χ1n) is 4.32. The second kappa shape index (κ2) is 3.90. The van der Waals surface area contributed by atoms with Crippen molar-refractivity contribution >= 4 is 15.8 Å². The molecule has 0 aliphatic heterocycles. The van der Waals surface area contributed by atoms with E-state index in [1.807, 2.05) is 6.07 Å². The fourth-order valence-electron chi connectivity index (χ4n) is 0.898. The van der Waals surface area contributed by atoms with Crippen molar-refractivity contribution in [2.75, 3.05) is 4.72 Å². The van der Waals surface area contributed by atoms with Crippen LogP contribution in [0.4, 0.5) is 5.82 Å². The number of sulfonamides is 1. The topological polar surface area (TPSA) is 87.8 Å². The summed E-state index contributed by atoms with van der Waals surface area (Å²) in [6, 6.07) is 1.87. The Labute approximate surface area is 88.6 Å². The van der Waals surface area contributed by atoms with Crippen LogP contribution in [0.3, 0.4) is 0 Å². The third-order valence-electron chi connectivity index (χ3n) is 1.81. The Bertz CT molecular complexity index is 495. The minimum absolute atomic E-state index is 0.0775. The largest absolute Gasteiger partial charge is 0.272 e. The Morgan fingerprint density at radius 3 is 2.67 bits per heavy atom. The summed E-state index contributed by atoms with van der Waals surface area (Å²) < 4.78 is 26.7. The van der Waals surface area contributed by atoms with Gasteiger partial charge in [0, 0.05) is 13.2 Å². The number of nitrogens with one attached hydrogen (secondary N) is 1. The molecule has 1 N–H and O–H groups in total. The standard InChI is InChI=1S/C8H12N4O2S/c1-6(2)15(13,14)11-8-7(4-9)5-12(3)10-8/h5-6H,1-3H3,(H,10,11). The molecule has 0 radical (unpaired) electrons. The number of aromatic nitrogens is 2. The first-order valence-corrected chi connectivity index (χ1v) is 5.87. The quantitative estimate of drug-likeness (QED) is 0.813. The normalized spacial score (nSPS) is 11.4. The van der Waals surface area contributed by atoms with Gasteiger partial charge in [-0.15, -0.1) is 0 Å². The summed E-state index contributed by atoms with van der Waals surface area (Å²) in [5.74, 6) is 0.0775. The van der Waals surface area contributed by atoms with Crippen LogP contribution >= 0.6 is 0 Å². The lowest BCUT2D eigenvalue weighted by molar-refractivity contribution is 0.592. The Kier molecular flexibility index (Phi) is 3.00. The first kappa shape index (κ1) is 11.5. The molecule has 0 saturated heterocycles. The van der Waals surface area contributed by atoms with E-state index in [2.05, 4.69) is 9.82 Å². The predicted molar refractivity (Wildman–Crippen MR) is 55.6 cm³/mol. The summed E-state index contributed by atoms with van der Waals surface area (Å²) >= 11 is 0. The highest BCUT2D eigenvalue weighted by Gasteiger charge is 2.19. The summed E-state index contributed by atoms with van der Waals surface area (Å²) in [6.45, 7) is 3.11. The van der Waals surface area contributed by atoms with Crippen LogP contribution in [-0.2, 0) is 17.1 Å². The second-order valence-electron chi connectivity index (χ2n) is 3.37. The van der Waals surface area contributed by atoms with Gasteiger partial charge in [-0.1, -0.05) is 0 Å². The molecule has 1 rings (SSSR count). The summed E-state index contributed by atoms with van der Waals surface area (Å²) in [5, 5.41) is 12.0. The molecule has 0 atom stereocenters. The van der Waals surface area contributed by atoms with E-state index in [4.69, 9.17) is 5.26 Å². The van der Waals surface area contributed by atoms with E-state index in [9.17, 15) is 8.42 Å². The Morgan fingerprint density at radius 1 is 1.60 bits per heavy atom. The molecule has 0 saturated carbocycles. The van der Waals surface area contributed by atoms with Crippen LogP contribution in [0.15, 0.2) is 6.20 Å². The first-order chi connectivity index (χ1) is 6.86. The highest BCUT2D eigenvalue weighted by atomic mass is 32.2. The molecule has 0 amide bonds. The van der Waals surface area contributed by atoms with E-state index in [0.717, 1.165) is 0 Å². The van der Waals surface area contributed by atoms with Gasteiger partial charge >= 0.3 is 0 Å². The molecule has 0 aliphatic rings. The highest BCUT2D eigenvalue weighted by molar-refractivity contribution is 7.93. The molecule has 1 aromatic heterocycles. The van der Waals surface area contributed by atoms with Gasteiger partial charge < -0.3 is 0 Å². The average Bonchev–Trinajstić information content (AvgIpc) is 2.44. The molecule has 1 aromatic rings. The van der Waals surface area contributed by atoms with Crippen molar-refractivity contribution < 1.29 is 8.42 Å². The van der Waals surface area contributed by atoms with Crippen molar-refractivity contribution in [2.45, 2.75) is 19.1 Å². The molecule has 0 spiro atoms. The number of nitrogens with zero attached hydrogens (tertiary/aromatic N) is 3. The van der Waals surface area contributed by atoms with E-state index >= 15 is 0 Å². The van der Waals surface area contributed by atoms with Crippen molar-refractivity contribution in [2.24, 2.45) is 7.05 Å². The zero-order valence-corrected chi connectivity index (χ0v) is 9.54. The van der Waals surface area contributed by atoms with Gasteiger partial charge in [0.1, 0.15) is 11.6 Å². The smallest absolute Gasteiger partial charge is 0.236 e. The number of nitriles is 1. The van der Waals surface area contributed by atoms with Crippen LogP contribution in [0.25, 0.3) is 0 Å². The zero-order valence-electron chi connectivity index (χ0n) is 8.72. The van der Waals surface area contributed by atoms with E-state index in [1.165, 1.54) is 10.9 Å². The van der Waals surface area contributed by atoms with Gasteiger partial charge in [-0.2, -0.15) is 10.4 Å². The monoisotopic (exact) mass is 228 g/mol. The van der Waals surface area contributed by atoms with Crippen LogP contribution in [0, 0.1) is 11.3 Å². The fourth-order valence-corrected chi connectivity index (χ4v) is 1.55. The third kappa shape index (κ3) is 2.47. The summed E-state index contributed by atoms with van der Waals surface area (Å²) in [7, 11) is -1.83. The maximum absolute atomic E-state index is 11.5. The van der Waals surface area contributed by atoms with E-state index in [0.29, 0.717) is 0 Å². The van der Waals surface area contributed by atoms with E-state index < -0.39 is 15.3 Å². The molecule has 15 heavy (non-hydrogen) atoms. The number of aryl methyl sites for hydroxylation is 1. The van der Waals surface area contributed by atoms with Crippen molar-refractivity contribution in [1.82, 2.24) is 9.78 Å². The Hall–Kier alpha value is -1.55. The van der Waals surface area contributed by atoms with E-state index in [1.54, 1.807) is 20.9 Å². The minimum Gasteiger partial charge on any atom is -0.272 e. The summed E-state index contributed by atoms with van der Waals surface area (Å²) in [6.07, 6.45) is 1.46. The maximum atomic E-state index is 11.5. The fraction of sp³-hybridized carbons (Fsp3) is 0.500. The van der Waals surface area contributed by atoms with Gasteiger partial charge in [0.2, 0.25) is 10.0 Å². The van der Waals surface area contributed by atoms with Crippen LogP contribution in [0.1, 0.15) is 19.4 Å². The second-order valence-corrected chi connectivity index (χ2v) is 5.61. The minimum atomic E-state index is -3.45. The molecule has 7 heteroatoms. The lowest BCUT2D eigenvalue weighted by Gasteiger charge is -2.07. The average molecular weight is 228 g/mol. The Balaban J connectivity index is 3.06. The van der Waals surface area contributed by atoms with Crippen LogP contribution in [0.2, 0.25) is 0 Å². The molecule has 0 aromatic carbocycles. The number of rotatable bonds is 3. The van der Waals surface area contributed by atoms with Gasteiger partial charge in [0.25, 0.3) is 0 Å². The van der Waals surface area contributed by atoms with Gasteiger partial charge in [-0.05, 0) is 13.8 Å². The summed E-state index contributed by atoms with van der Waals surface area (Å²) in [5.41, 5.74) is 0.210. The molecule has 82 valence electrons. The maximum Gasteiger partial charge on any atom is 0.236 e. The van der Waals surface area contributed by atoms with Crippen molar-refractivity contribution in [3.8, 4) is 6.07 Å².